The Morgan fingerprint density at radius 3 is 2.86 bits per heavy atom. The molecule has 3 atom stereocenters. The Bertz CT molecular complexity index is 820. The molecule has 4 aliphatic rings. The zero-order chi connectivity index (χ0) is 20.2. The number of nitrogens with one attached hydrogen (secondary N) is 3. The zero-order valence-corrected chi connectivity index (χ0v) is 16.9. The standard InChI is InChI=1S/C22H29FN4O2/c1-13-5-6-17(23)16-8-18(26-20(13)16)21(29)25-14-3-2-4-15(7-14)27-11-22(12-27)9-19(28)24-10-22/h5-6,14-15,18,26H,2-4,7-12H2,1H3,(H,24,28)(H,25,29)/t14-,15+,18?/m1/s1. The van der Waals surface area contributed by atoms with Gasteiger partial charge in [0.25, 0.3) is 0 Å². The van der Waals surface area contributed by atoms with Crippen LogP contribution < -0.4 is 16.0 Å². The molecule has 1 aliphatic carbocycles. The van der Waals surface area contributed by atoms with Gasteiger partial charge in [-0.2, -0.15) is 0 Å². The molecule has 1 saturated carbocycles. The maximum Gasteiger partial charge on any atom is 0.243 e. The van der Waals surface area contributed by atoms with Crippen LogP contribution >= 0.6 is 0 Å². The molecule has 29 heavy (non-hydrogen) atoms. The normalized spacial score (nSPS) is 30.4. The summed E-state index contributed by atoms with van der Waals surface area (Å²) in [6, 6.07) is 3.47. The number of fused-ring (bicyclic) bond motifs is 1. The lowest BCUT2D eigenvalue weighted by molar-refractivity contribution is -0.124. The highest BCUT2D eigenvalue weighted by atomic mass is 19.1. The van der Waals surface area contributed by atoms with Crippen LogP contribution in [0.4, 0.5) is 10.1 Å². The number of benzene rings is 1. The molecule has 0 radical (unpaired) electrons. The number of rotatable bonds is 3. The molecular formula is C22H29FN4O2. The van der Waals surface area contributed by atoms with E-state index in [0.717, 1.165) is 56.6 Å². The molecule has 5 rings (SSSR count). The molecule has 1 unspecified atom stereocenters. The minimum atomic E-state index is -0.399. The maximum atomic E-state index is 14.1. The lowest BCUT2D eigenvalue weighted by Gasteiger charge is -2.52. The van der Waals surface area contributed by atoms with Crippen LogP contribution in [0, 0.1) is 18.2 Å². The molecule has 2 saturated heterocycles. The molecule has 3 aliphatic heterocycles. The molecule has 3 fully saturated rings. The average molecular weight is 400 g/mol. The van der Waals surface area contributed by atoms with E-state index in [-0.39, 0.29) is 29.1 Å². The van der Waals surface area contributed by atoms with Gasteiger partial charge in [-0.3, -0.25) is 14.5 Å². The molecule has 3 heterocycles. The van der Waals surface area contributed by atoms with Crippen LogP contribution in [-0.2, 0) is 16.0 Å². The van der Waals surface area contributed by atoms with E-state index < -0.39 is 6.04 Å². The van der Waals surface area contributed by atoms with Gasteiger partial charge in [0, 0.05) is 61.2 Å². The predicted octanol–water partition coefficient (Wildman–Crippen LogP) is 1.72. The molecule has 1 aromatic rings. The Kier molecular flexibility index (Phi) is 4.53. The van der Waals surface area contributed by atoms with Crippen LogP contribution in [0.5, 0.6) is 0 Å². The third-order valence-electron chi connectivity index (χ3n) is 7.29. The summed E-state index contributed by atoms with van der Waals surface area (Å²) in [5.74, 6) is -0.0933. The number of nitrogens with zero attached hydrogens (tertiary/aromatic N) is 1. The number of carbonyl (C=O) groups excluding carboxylic acids is 2. The predicted molar refractivity (Wildman–Crippen MR) is 108 cm³/mol. The van der Waals surface area contributed by atoms with E-state index in [9.17, 15) is 14.0 Å². The first-order valence-corrected chi connectivity index (χ1v) is 10.8. The Hall–Kier alpha value is -2.15. The molecular weight excluding hydrogens is 371 g/mol. The minimum Gasteiger partial charge on any atom is -0.373 e. The first kappa shape index (κ1) is 18.9. The van der Waals surface area contributed by atoms with Crippen molar-refractivity contribution in [2.24, 2.45) is 5.41 Å². The average Bonchev–Trinajstić information content (AvgIpc) is 3.29. The quantitative estimate of drug-likeness (QED) is 0.722. The number of likely N-dealkylation sites (tertiary alicyclic amines) is 1. The number of hydrogen-bond donors (Lipinski definition) is 3. The second-order valence-corrected chi connectivity index (χ2v) is 9.50. The van der Waals surface area contributed by atoms with Gasteiger partial charge in [0.2, 0.25) is 11.8 Å². The van der Waals surface area contributed by atoms with Gasteiger partial charge in [-0.1, -0.05) is 6.07 Å². The summed E-state index contributed by atoms with van der Waals surface area (Å²) in [6.07, 6.45) is 5.26. The number of amides is 2. The van der Waals surface area contributed by atoms with E-state index in [0.29, 0.717) is 24.4 Å². The third kappa shape index (κ3) is 3.39. The van der Waals surface area contributed by atoms with Gasteiger partial charge >= 0.3 is 0 Å². The Balaban J connectivity index is 1.16. The van der Waals surface area contributed by atoms with Gasteiger partial charge in [0.05, 0.1) is 0 Å². The van der Waals surface area contributed by atoms with E-state index in [1.54, 1.807) is 6.07 Å². The van der Waals surface area contributed by atoms with Crippen molar-refractivity contribution in [1.82, 2.24) is 15.5 Å². The molecule has 1 spiro atoms. The van der Waals surface area contributed by atoms with Gasteiger partial charge < -0.3 is 16.0 Å². The smallest absolute Gasteiger partial charge is 0.243 e. The molecule has 6 nitrogen and oxygen atoms in total. The number of anilines is 1. The van der Waals surface area contributed by atoms with E-state index in [2.05, 4.69) is 20.9 Å². The Labute approximate surface area is 170 Å². The van der Waals surface area contributed by atoms with E-state index in [4.69, 9.17) is 0 Å². The number of carbonyl (C=O) groups is 2. The van der Waals surface area contributed by atoms with E-state index in [1.165, 1.54) is 6.07 Å². The summed E-state index contributed by atoms with van der Waals surface area (Å²) in [6.45, 7) is 4.70. The van der Waals surface area contributed by atoms with Crippen LogP contribution in [0.1, 0.15) is 43.2 Å². The monoisotopic (exact) mass is 400 g/mol. The Morgan fingerprint density at radius 2 is 2.14 bits per heavy atom. The maximum absolute atomic E-state index is 14.1. The second-order valence-electron chi connectivity index (χ2n) is 9.50. The van der Waals surface area contributed by atoms with E-state index in [1.807, 2.05) is 6.92 Å². The van der Waals surface area contributed by atoms with Crippen molar-refractivity contribution in [2.75, 3.05) is 25.0 Å². The summed E-state index contributed by atoms with van der Waals surface area (Å²) in [5, 5.41) is 9.40. The topological polar surface area (TPSA) is 73.5 Å². The van der Waals surface area contributed by atoms with Crippen LogP contribution in [0.2, 0.25) is 0 Å². The number of aryl methyl sites for hydroxylation is 1. The largest absolute Gasteiger partial charge is 0.373 e. The minimum absolute atomic E-state index is 0.0312. The van der Waals surface area contributed by atoms with Crippen molar-refractivity contribution < 1.29 is 14.0 Å². The SMILES string of the molecule is Cc1ccc(F)c2c1NC(C(=O)N[C@@H]1CCC[C@H](N3CC4(CNC(=O)C4)C3)C1)C2. The molecule has 0 bridgehead atoms. The van der Waals surface area contributed by atoms with E-state index >= 15 is 0 Å². The number of halogens is 1. The summed E-state index contributed by atoms with van der Waals surface area (Å²) in [7, 11) is 0. The van der Waals surface area contributed by atoms with Gasteiger partial charge in [-0.15, -0.1) is 0 Å². The molecule has 1 aromatic carbocycles. The van der Waals surface area contributed by atoms with Gasteiger partial charge in [0.15, 0.2) is 0 Å². The van der Waals surface area contributed by atoms with Crippen LogP contribution in [-0.4, -0.2) is 54.5 Å². The third-order valence-corrected chi connectivity index (χ3v) is 7.29. The highest BCUT2D eigenvalue weighted by Crippen LogP contribution is 2.40. The summed E-state index contributed by atoms with van der Waals surface area (Å²) >= 11 is 0. The van der Waals surface area contributed by atoms with Crippen molar-refractivity contribution >= 4 is 17.5 Å². The fraction of sp³-hybridized carbons (Fsp3) is 0.636. The van der Waals surface area contributed by atoms with Crippen molar-refractivity contribution in [2.45, 2.75) is 63.6 Å². The fourth-order valence-electron chi connectivity index (χ4n) is 5.70. The van der Waals surface area contributed by atoms with Crippen molar-refractivity contribution in [1.29, 1.82) is 0 Å². The number of hydrogen-bond acceptors (Lipinski definition) is 4. The van der Waals surface area contributed by atoms with Crippen molar-refractivity contribution in [3.05, 3.63) is 29.1 Å². The van der Waals surface area contributed by atoms with Crippen molar-refractivity contribution in [3.63, 3.8) is 0 Å². The molecule has 7 heteroatoms. The highest BCUT2D eigenvalue weighted by Gasteiger charge is 2.50. The van der Waals surface area contributed by atoms with Crippen LogP contribution in [0.3, 0.4) is 0 Å². The zero-order valence-electron chi connectivity index (χ0n) is 16.9. The van der Waals surface area contributed by atoms with Gasteiger partial charge in [-0.25, -0.2) is 4.39 Å². The second kappa shape index (κ2) is 6.97. The highest BCUT2D eigenvalue weighted by molar-refractivity contribution is 5.88. The summed E-state index contributed by atoms with van der Waals surface area (Å²) in [4.78, 5) is 26.9. The lowest BCUT2D eigenvalue weighted by Crippen LogP contribution is -2.62. The first-order chi connectivity index (χ1) is 13.9. The van der Waals surface area contributed by atoms with Crippen molar-refractivity contribution in [3.8, 4) is 0 Å². The van der Waals surface area contributed by atoms with Gasteiger partial charge in [0.1, 0.15) is 11.9 Å². The molecule has 2 amide bonds. The Morgan fingerprint density at radius 1 is 1.31 bits per heavy atom. The fourth-order valence-corrected chi connectivity index (χ4v) is 5.70. The summed E-state index contributed by atoms with van der Waals surface area (Å²) < 4.78 is 14.1. The van der Waals surface area contributed by atoms with Crippen LogP contribution in [0.25, 0.3) is 0 Å². The molecule has 156 valence electrons. The van der Waals surface area contributed by atoms with Gasteiger partial charge in [-0.05, 0) is 44.2 Å². The lowest BCUT2D eigenvalue weighted by atomic mass is 9.76. The molecule has 0 aromatic heterocycles. The van der Waals surface area contributed by atoms with Crippen LogP contribution in [0.15, 0.2) is 12.1 Å². The summed E-state index contributed by atoms with van der Waals surface area (Å²) in [5.41, 5.74) is 2.52. The molecule has 3 N–H and O–H groups in total. The first-order valence-electron chi connectivity index (χ1n) is 10.8.